The largest absolute Gasteiger partial charge is 0.427 e. The van der Waals surface area contributed by atoms with Crippen molar-refractivity contribution >= 4 is 11.8 Å². The van der Waals surface area contributed by atoms with Crippen LogP contribution in [-0.4, -0.2) is 11.8 Å². The lowest BCUT2D eigenvalue weighted by molar-refractivity contribution is -0.134. The van der Waals surface area contributed by atoms with Crippen molar-refractivity contribution in [2.24, 2.45) is 0 Å². The number of ether oxygens (including phenoxy) is 1. The van der Waals surface area contributed by atoms with Gasteiger partial charge in [-0.1, -0.05) is 12.1 Å². The maximum atomic E-state index is 13.1. The minimum Gasteiger partial charge on any atom is -0.427 e. The molecule has 0 heterocycles. The van der Waals surface area contributed by atoms with E-state index in [4.69, 9.17) is 4.74 Å². The summed E-state index contributed by atoms with van der Waals surface area (Å²) in [6.07, 6.45) is 2.86. The smallest absolute Gasteiger partial charge is 0.311 e. The number of carbonyl (C=O) groups excluding carboxylic acids is 2. The topological polar surface area (TPSA) is 43.4 Å². The van der Waals surface area contributed by atoms with E-state index in [1.165, 1.54) is 12.1 Å². The Labute approximate surface area is 134 Å². The lowest BCUT2D eigenvalue weighted by atomic mass is 9.90. The number of carbonyl (C=O) groups is 2. The lowest BCUT2D eigenvalue weighted by Crippen LogP contribution is -2.13. The van der Waals surface area contributed by atoms with Crippen molar-refractivity contribution in [1.82, 2.24) is 0 Å². The third-order valence-electron chi connectivity index (χ3n) is 3.97. The summed E-state index contributed by atoms with van der Waals surface area (Å²) < 4.78 is 18.4. The van der Waals surface area contributed by atoms with E-state index in [-0.39, 0.29) is 24.0 Å². The second-order valence-corrected chi connectivity index (χ2v) is 5.70. The zero-order valence-electron chi connectivity index (χ0n) is 12.7. The molecular weight excluding hydrogens is 295 g/mol. The van der Waals surface area contributed by atoms with E-state index in [9.17, 15) is 14.0 Å². The highest BCUT2D eigenvalue weighted by Crippen LogP contribution is 2.25. The fourth-order valence-electron chi connectivity index (χ4n) is 2.81. The molecule has 0 spiro atoms. The Morgan fingerprint density at radius 2 is 2.00 bits per heavy atom. The molecule has 0 unspecified atom stereocenters. The van der Waals surface area contributed by atoms with Crippen molar-refractivity contribution in [3.05, 3.63) is 65.0 Å². The van der Waals surface area contributed by atoms with Crippen LogP contribution in [0.15, 0.2) is 42.5 Å². The number of esters is 1. The number of Topliss-reactive ketones (excluding diaryl/α,β-unsaturated/α-hetero) is 1. The average Bonchev–Trinajstić information content (AvgIpc) is 2.53. The Kier molecular flexibility index (Phi) is 4.51. The van der Waals surface area contributed by atoms with E-state index in [0.29, 0.717) is 18.6 Å². The molecule has 0 aromatic heterocycles. The van der Waals surface area contributed by atoms with Crippen molar-refractivity contribution in [2.75, 3.05) is 0 Å². The normalized spacial score (nSPS) is 13.5. The fraction of sp³-hybridized carbons (Fsp3) is 0.263. The molecule has 0 saturated carbocycles. The second-order valence-electron chi connectivity index (χ2n) is 5.70. The van der Waals surface area contributed by atoms with Crippen molar-refractivity contribution in [1.29, 1.82) is 0 Å². The summed E-state index contributed by atoms with van der Waals surface area (Å²) in [5.74, 6) is -0.0653. The minimum absolute atomic E-state index is 0.148. The van der Waals surface area contributed by atoms with Crippen LogP contribution in [0.5, 0.6) is 5.75 Å². The molecule has 3 nitrogen and oxygen atoms in total. The van der Waals surface area contributed by atoms with Crippen LogP contribution >= 0.6 is 0 Å². The highest BCUT2D eigenvalue weighted by molar-refractivity contribution is 5.98. The summed E-state index contributed by atoms with van der Waals surface area (Å²) in [6.45, 7) is 0. The van der Waals surface area contributed by atoms with Crippen LogP contribution < -0.4 is 4.74 Å². The van der Waals surface area contributed by atoms with Crippen LogP contribution in [0.3, 0.4) is 0 Å². The number of hydrogen-bond acceptors (Lipinski definition) is 3. The Bertz CT molecular complexity index is 752. The Balaban J connectivity index is 1.61. The van der Waals surface area contributed by atoms with Crippen LogP contribution in [0.25, 0.3) is 0 Å². The molecule has 0 atom stereocenters. The first-order valence-electron chi connectivity index (χ1n) is 7.73. The number of fused-ring (bicyclic) bond motifs is 1. The van der Waals surface area contributed by atoms with Gasteiger partial charge in [-0.15, -0.1) is 0 Å². The predicted octanol–water partition coefficient (Wildman–Crippen LogP) is 3.88. The molecule has 0 saturated heterocycles. The molecule has 0 bridgehead atoms. The van der Waals surface area contributed by atoms with Gasteiger partial charge < -0.3 is 4.74 Å². The van der Waals surface area contributed by atoms with E-state index in [1.54, 1.807) is 30.3 Å². The van der Waals surface area contributed by atoms with Crippen LogP contribution in [0.4, 0.5) is 4.39 Å². The molecule has 0 amide bonds. The molecule has 4 heteroatoms. The summed E-state index contributed by atoms with van der Waals surface area (Å²) in [6, 6.07) is 11.3. The third kappa shape index (κ3) is 3.83. The van der Waals surface area contributed by atoms with Gasteiger partial charge in [-0.05, 0) is 60.7 Å². The van der Waals surface area contributed by atoms with E-state index in [1.807, 2.05) is 0 Å². The number of hydrogen-bond donors (Lipinski definition) is 0. The quantitative estimate of drug-likeness (QED) is 0.635. The molecule has 23 heavy (non-hydrogen) atoms. The molecule has 118 valence electrons. The number of benzene rings is 2. The number of rotatable bonds is 4. The summed E-state index contributed by atoms with van der Waals surface area (Å²) in [5, 5.41) is 0. The van der Waals surface area contributed by atoms with Gasteiger partial charge in [-0.25, -0.2) is 4.39 Å². The van der Waals surface area contributed by atoms with Crippen molar-refractivity contribution in [2.45, 2.75) is 32.1 Å². The first-order chi connectivity index (χ1) is 11.1. The first kappa shape index (κ1) is 15.4. The van der Waals surface area contributed by atoms with Gasteiger partial charge in [-0.2, -0.15) is 0 Å². The zero-order chi connectivity index (χ0) is 16.2. The Morgan fingerprint density at radius 1 is 1.13 bits per heavy atom. The Hall–Kier alpha value is -2.49. The number of halogens is 1. The van der Waals surface area contributed by atoms with Crippen LogP contribution in [0.1, 0.15) is 40.7 Å². The van der Waals surface area contributed by atoms with Gasteiger partial charge in [0.25, 0.3) is 0 Å². The van der Waals surface area contributed by atoms with Crippen molar-refractivity contribution < 1.29 is 18.7 Å². The summed E-state index contributed by atoms with van der Waals surface area (Å²) in [7, 11) is 0. The third-order valence-corrected chi connectivity index (χ3v) is 3.97. The predicted molar refractivity (Wildman–Crippen MR) is 84.1 cm³/mol. The second kappa shape index (κ2) is 6.73. The van der Waals surface area contributed by atoms with Gasteiger partial charge in [0, 0.05) is 18.4 Å². The number of aryl methyl sites for hydroxylation is 2. The maximum absolute atomic E-state index is 13.1. The van der Waals surface area contributed by atoms with E-state index >= 15 is 0 Å². The lowest BCUT2D eigenvalue weighted by Gasteiger charge is -2.15. The van der Waals surface area contributed by atoms with Gasteiger partial charge >= 0.3 is 5.97 Å². The summed E-state index contributed by atoms with van der Waals surface area (Å²) in [4.78, 5) is 23.7. The van der Waals surface area contributed by atoms with Gasteiger partial charge in [0.1, 0.15) is 11.6 Å². The van der Waals surface area contributed by atoms with Crippen molar-refractivity contribution in [3.63, 3.8) is 0 Å². The van der Waals surface area contributed by atoms with Gasteiger partial charge in [0.05, 0.1) is 0 Å². The highest BCUT2D eigenvalue weighted by Gasteiger charge is 2.18. The molecule has 0 N–H and O–H groups in total. The molecule has 1 aliphatic rings. The minimum atomic E-state index is -0.364. The fourth-order valence-corrected chi connectivity index (χ4v) is 2.81. The van der Waals surface area contributed by atoms with Gasteiger partial charge in [0.2, 0.25) is 0 Å². The SMILES string of the molecule is O=C(CCc1cccc(F)c1)Oc1ccc2c(c1)CCCC2=O. The molecular formula is C19H17FO3. The highest BCUT2D eigenvalue weighted by atomic mass is 19.1. The van der Waals surface area contributed by atoms with E-state index in [0.717, 1.165) is 29.5 Å². The van der Waals surface area contributed by atoms with Gasteiger partial charge in [-0.3, -0.25) is 9.59 Å². The van der Waals surface area contributed by atoms with E-state index in [2.05, 4.69) is 0 Å². The van der Waals surface area contributed by atoms with Crippen LogP contribution in [-0.2, 0) is 17.6 Å². The molecule has 0 aliphatic heterocycles. The molecule has 0 fully saturated rings. The molecule has 0 radical (unpaired) electrons. The monoisotopic (exact) mass is 312 g/mol. The Morgan fingerprint density at radius 3 is 2.83 bits per heavy atom. The molecule has 1 aliphatic carbocycles. The standard InChI is InChI=1S/C19H17FO3/c20-15-5-1-3-13(11-15)7-10-19(22)23-16-8-9-17-14(12-16)4-2-6-18(17)21/h1,3,5,8-9,11-12H,2,4,6-7,10H2. The van der Waals surface area contributed by atoms with Crippen LogP contribution in [0.2, 0.25) is 0 Å². The zero-order valence-corrected chi connectivity index (χ0v) is 12.7. The van der Waals surface area contributed by atoms with Crippen LogP contribution in [0, 0.1) is 5.82 Å². The number of ketones is 1. The molecule has 3 rings (SSSR count). The summed E-state index contributed by atoms with van der Waals surface area (Å²) >= 11 is 0. The molecule has 2 aromatic carbocycles. The van der Waals surface area contributed by atoms with Gasteiger partial charge in [0.15, 0.2) is 5.78 Å². The summed E-state index contributed by atoms with van der Waals surface area (Å²) in [5.41, 5.74) is 2.44. The van der Waals surface area contributed by atoms with E-state index < -0.39 is 0 Å². The first-order valence-corrected chi connectivity index (χ1v) is 7.73. The average molecular weight is 312 g/mol. The molecule has 2 aromatic rings. The van der Waals surface area contributed by atoms with Crippen molar-refractivity contribution in [3.8, 4) is 5.75 Å². The maximum Gasteiger partial charge on any atom is 0.311 e.